The van der Waals surface area contributed by atoms with Crippen molar-refractivity contribution in [1.29, 1.82) is 0 Å². The van der Waals surface area contributed by atoms with Crippen LogP contribution in [-0.2, 0) is 0 Å². The fourth-order valence-electron chi connectivity index (χ4n) is 3.10. The van der Waals surface area contributed by atoms with Gasteiger partial charge in [-0.1, -0.05) is 55.8 Å². The Balaban J connectivity index is 1.95. The average molecular weight is 303 g/mol. The number of hydrogen-bond donors (Lipinski definition) is 0. The van der Waals surface area contributed by atoms with Gasteiger partial charge in [0, 0.05) is 28.1 Å². The summed E-state index contributed by atoms with van der Waals surface area (Å²) in [7, 11) is 0. The van der Waals surface area contributed by atoms with E-state index in [1.807, 2.05) is 48.5 Å². The number of ether oxygens (including phenoxy) is 1. The number of benzene rings is 2. The molecule has 1 heterocycles. The molecule has 0 spiro atoms. The monoisotopic (exact) mass is 303 g/mol. The summed E-state index contributed by atoms with van der Waals surface area (Å²) in [4.78, 5) is 17.4. The lowest BCUT2D eigenvalue weighted by molar-refractivity contribution is 0.104. The van der Waals surface area contributed by atoms with Gasteiger partial charge in [0.05, 0.1) is 12.3 Å². The zero-order valence-electron chi connectivity index (χ0n) is 13.0. The maximum Gasteiger partial charge on any atom is 0.214 e. The number of nitrogens with zero attached hydrogens (tertiary/aromatic N) is 1. The Hall–Kier alpha value is -2.68. The molecule has 1 aromatic heterocycles. The van der Waals surface area contributed by atoms with Crippen LogP contribution in [0.1, 0.15) is 35.7 Å². The highest BCUT2D eigenvalue weighted by Gasteiger charge is 2.26. The minimum absolute atomic E-state index is 0.0696. The van der Waals surface area contributed by atoms with Crippen LogP contribution in [0.2, 0.25) is 0 Å². The Labute approximate surface area is 134 Å². The van der Waals surface area contributed by atoms with Gasteiger partial charge < -0.3 is 4.74 Å². The second-order valence-corrected chi connectivity index (χ2v) is 5.79. The first-order chi connectivity index (χ1) is 11.3. The molecule has 0 fully saturated rings. The summed E-state index contributed by atoms with van der Waals surface area (Å²) >= 11 is 0. The fourth-order valence-corrected chi connectivity index (χ4v) is 3.10. The second-order valence-electron chi connectivity index (χ2n) is 5.79. The van der Waals surface area contributed by atoms with E-state index in [9.17, 15) is 4.79 Å². The van der Waals surface area contributed by atoms with Crippen LogP contribution in [0.5, 0.6) is 5.88 Å². The van der Waals surface area contributed by atoms with Crippen molar-refractivity contribution in [2.24, 2.45) is 0 Å². The van der Waals surface area contributed by atoms with Crippen molar-refractivity contribution in [1.82, 2.24) is 4.98 Å². The van der Waals surface area contributed by atoms with Crippen LogP contribution >= 0.6 is 0 Å². The van der Waals surface area contributed by atoms with E-state index in [-0.39, 0.29) is 5.78 Å². The molecule has 23 heavy (non-hydrogen) atoms. The van der Waals surface area contributed by atoms with Gasteiger partial charge >= 0.3 is 0 Å². The van der Waals surface area contributed by atoms with Crippen LogP contribution in [0, 0.1) is 0 Å². The quantitative estimate of drug-likeness (QED) is 0.516. The molecule has 0 amide bonds. The molecule has 114 valence electrons. The third-order valence-corrected chi connectivity index (χ3v) is 4.25. The molecule has 2 aromatic carbocycles. The largest absolute Gasteiger partial charge is 0.478 e. The summed E-state index contributed by atoms with van der Waals surface area (Å²) in [6, 6.07) is 15.4. The van der Waals surface area contributed by atoms with Crippen LogP contribution in [0.15, 0.2) is 48.5 Å². The van der Waals surface area contributed by atoms with Gasteiger partial charge in [0.1, 0.15) is 0 Å². The third kappa shape index (κ3) is 2.20. The van der Waals surface area contributed by atoms with Gasteiger partial charge in [-0.3, -0.25) is 4.79 Å². The van der Waals surface area contributed by atoms with Crippen LogP contribution in [0.4, 0.5) is 0 Å². The second kappa shape index (κ2) is 5.51. The number of ketones is 1. The van der Waals surface area contributed by atoms with Crippen molar-refractivity contribution in [2.75, 3.05) is 6.61 Å². The van der Waals surface area contributed by atoms with Crippen molar-refractivity contribution < 1.29 is 9.53 Å². The molecular formula is C20H17NO2. The van der Waals surface area contributed by atoms with Crippen molar-refractivity contribution in [3.8, 4) is 17.1 Å². The predicted molar refractivity (Wildman–Crippen MR) is 91.0 cm³/mol. The lowest BCUT2D eigenvalue weighted by atomic mass is 9.86. The van der Waals surface area contributed by atoms with Gasteiger partial charge in [-0.15, -0.1) is 0 Å². The van der Waals surface area contributed by atoms with Gasteiger partial charge in [0.15, 0.2) is 5.78 Å². The van der Waals surface area contributed by atoms with Crippen LogP contribution in [0.3, 0.4) is 0 Å². The number of carbonyl (C=O) groups is 1. The van der Waals surface area contributed by atoms with Crippen LogP contribution in [0.25, 0.3) is 22.0 Å². The first kappa shape index (κ1) is 13.9. The van der Waals surface area contributed by atoms with Crippen molar-refractivity contribution in [3.05, 3.63) is 59.7 Å². The summed E-state index contributed by atoms with van der Waals surface area (Å²) < 4.78 is 5.81. The van der Waals surface area contributed by atoms with Crippen molar-refractivity contribution in [2.45, 2.75) is 19.8 Å². The molecule has 3 heteroatoms. The Morgan fingerprint density at radius 2 is 1.78 bits per heavy atom. The van der Waals surface area contributed by atoms with E-state index in [0.29, 0.717) is 18.1 Å². The van der Waals surface area contributed by atoms with Crippen LogP contribution in [-0.4, -0.2) is 17.4 Å². The van der Waals surface area contributed by atoms with E-state index < -0.39 is 0 Å². The zero-order valence-corrected chi connectivity index (χ0v) is 13.0. The summed E-state index contributed by atoms with van der Waals surface area (Å²) in [5.41, 5.74) is 3.18. The van der Waals surface area contributed by atoms with Gasteiger partial charge in [0.25, 0.3) is 0 Å². The Morgan fingerprint density at radius 3 is 2.61 bits per heavy atom. The number of pyridine rings is 1. The highest BCUT2D eigenvalue weighted by molar-refractivity contribution is 6.25. The van der Waals surface area contributed by atoms with Gasteiger partial charge in [-0.25, -0.2) is 4.98 Å². The maximum atomic E-state index is 12.7. The molecule has 0 atom stereocenters. The molecule has 1 aliphatic carbocycles. The number of hydrogen-bond acceptors (Lipinski definition) is 3. The molecule has 0 saturated heterocycles. The Kier molecular flexibility index (Phi) is 3.34. The summed E-state index contributed by atoms with van der Waals surface area (Å²) in [5.74, 6) is 0.697. The Morgan fingerprint density at radius 1 is 1.00 bits per heavy atom. The lowest BCUT2D eigenvalue weighted by Gasteiger charge is -2.19. The molecule has 4 rings (SSSR count). The summed E-state index contributed by atoms with van der Waals surface area (Å²) in [6.45, 7) is 2.80. The SMILES string of the molecule is CCCCOc1cc2cccc3c2c(n1)-c1ccccc1C3=O. The topological polar surface area (TPSA) is 39.2 Å². The minimum Gasteiger partial charge on any atom is -0.478 e. The first-order valence-corrected chi connectivity index (χ1v) is 8.00. The van der Waals surface area contributed by atoms with Crippen molar-refractivity contribution in [3.63, 3.8) is 0 Å². The van der Waals surface area contributed by atoms with E-state index in [2.05, 4.69) is 6.92 Å². The van der Waals surface area contributed by atoms with E-state index in [1.165, 1.54) is 0 Å². The number of rotatable bonds is 4. The molecule has 0 radical (unpaired) electrons. The molecule has 0 unspecified atom stereocenters. The van der Waals surface area contributed by atoms with E-state index in [4.69, 9.17) is 9.72 Å². The minimum atomic E-state index is 0.0696. The molecule has 1 aliphatic rings. The molecular weight excluding hydrogens is 286 g/mol. The van der Waals surface area contributed by atoms with E-state index in [1.54, 1.807) is 0 Å². The van der Waals surface area contributed by atoms with E-state index in [0.717, 1.165) is 40.4 Å². The summed E-state index contributed by atoms with van der Waals surface area (Å²) in [5, 5.41) is 1.93. The smallest absolute Gasteiger partial charge is 0.214 e. The molecule has 0 aliphatic heterocycles. The van der Waals surface area contributed by atoms with Gasteiger partial charge in [-0.05, 0) is 11.8 Å². The number of aromatic nitrogens is 1. The predicted octanol–water partition coefficient (Wildman–Crippen LogP) is 4.63. The first-order valence-electron chi connectivity index (χ1n) is 8.00. The summed E-state index contributed by atoms with van der Waals surface area (Å²) in [6.07, 6.45) is 2.09. The molecule has 3 nitrogen and oxygen atoms in total. The Bertz CT molecular complexity index is 915. The highest BCUT2D eigenvalue weighted by Crippen LogP contribution is 2.39. The van der Waals surface area contributed by atoms with E-state index >= 15 is 0 Å². The molecule has 0 saturated carbocycles. The standard InChI is InChI=1S/C20H17NO2/c1-2-3-11-23-17-12-13-7-6-10-16-18(13)19(21-17)14-8-4-5-9-15(14)20(16)22/h4-10,12H,2-3,11H2,1H3. The van der Waals surface area contributed by atoms with Crippen molar-refractivity contribution >= 4 is 16.6 Å². The zero-order chi connectivity index (χ0) is 15.8. The maximum absolute atomic E-state index is 12.7. The van der Waals surface area contributed by atoms with Gasteiger partial charge in [0.2, 0.25) is 5.88 Å². The highest BCUT2D eigenvalue weighted by atomic mass is 16.5. The van der Waals surface area contributed by atoms with Crippen LogP contribution < -0.4 is 4.74 Å². The van der Waals surface area contributed by atoms with Gasteiger partial charge in [-0.2, -0.15) is 0 Å². The number of carbonyl (C=O) groups excluding carboxylic acids is 1. The molecule has 0 bridgehead atoms. The normalized spacial score (nSPS) is 12.3. The fraction of sp³-hybridized carbons (Fsp3) is 0.200. The molecule has 0 N–H and O–H groups in total. The third-order valence-electron chi connectivity index (χ3n) is 4.25. The number of unbranched alkanes of at least 4 members (excludes halogenated alkanes) is 1. The average Bonchev–Trinajstić information content (AvgIpc) is 2.59. The number of fused-ring (bicyclic) bond motifs is 2. The lowest BCUT2D eigenvalue weighted by Crippen LogP contribution is -2.11. The molecule has 3 aromatic rings.